The number of carbonyl (C=O) groups excluding carboxylic acids is 2. The van der Waals surface area contributed by atoms with Crippen molar-refractivity contribution in [1.29, 1.82) is 0 Å². The molecule has 0 aromatic heterocycles. The van der Waals surface area contributed by atoms with Crippen LogP contribution in [0.4, 0.5) is 11.4 Å². The summed E-state index contributed by atoms with van der Waals surface area (Å²) in [7, 11) is 5.62. The van der Waals surface area contributed by atoms with E-state index in [-0.39, 0.29) is 11.8 Å². The van der Waals surface area contributed by atoms with Crippen LogP contribution in [0.1, 0.15) is 34.3 Å². The van der Waals surface area contributed by atoms with Gasteiger partial charge in [-0.3, -0.25) is 14.6 Å². The van der Waals surface area contributed by atoms with Crippen LogP contribution in [0, 0.1) is 0 Å². The zero-order valence-electron chi connectivity index (χ0n) is 16.0. The first kappa shape index (κ1) is 18.8. The van der Waals surface area contributed by atoms with E-state index in [0.29, 0.717) is 11.3 Å². The van der Waals surface area contributed by atoms with E-state index in [4.69, 9.17) is 0 Å². The molecule has 140 valence electrons. The molecule has 6 nitrogen and oxygen atoms in total. The number of carbonyl (C=O) groups is 2. The molecule has 1 heterocycles. The summed E-state index contributed by atoms with van der Waals surface area (Å²) in [5, 5.41) is 5.49. The van der Waals surface area contributed by atoms with Crippen molar-refractivity contribution in [2.45, 2.75) is 19.4 Å². The Morgan fingerprint density at radius 3 is 2.70 bits per heavy atom. The highest BCUT2D eigenvalue weighted by atomic mass is 16.2. The molecule has 2 N–H and O–H groups in total. The van der Waals surface area contributed by atoms with Crippen LogP contribution in [-0.4, -0.2) is 43.6 Å². The molecule has 27 heavy (non-hydrogen) atoms. The van der Waals surface area contributed by atoms with Crippen LogP contribution in [-0.2, 0) is 11.3 Å². The predicted octanol–water partition coefficient (Wildman–Crippen LogP) is 2.94. The van der Waals surface area contributed by atoms with Crippen molar-refractivity contribution in [3.8, 4) is 0 Å². The maximum absolute atomic E-state index is 12.5. The quantitative estimate of drug-likeness (QED) is 0.801. The molecule has 1 aliphatic rings. The molecule has 0 spiro atoms. The molecule has 6 heteroatoms. The average Bonchev–Trinajstić information content (AvgIpc) is 2.95. The highest BCUT2D eigenvalue weighted by molar-refractivity contribution is 6.18. The zero-order chi connectivity index (χ0) is 19.6. The van der Waals surface area contributed by atoms with E-state index >= 15 is 0 Å². The molecule has 2 aromatic rings. The topological polar surface area (TPSA) is 73.8 Å². The fraction of sp³-hybridized carbons (Fsp3) is 0.286. The molecule has 0 fully saturated rings. The molecule has 0 bridgehead atoms. The summed E-state index contributed by atoms with van der Waals surface area (Å²) in [5.74, 6) is -0.797. The standard InChI is InChI=1S/C21H24N4O2/c1-13(23-16-7-5-6-14(10-16)12-25(3)4)19-17-11-15(20(26)22-2)8-9-18(17)24-21(19)27/h5-11,19H,12H2,1-4H3,(H,22,26)(H,24,27). The number of nitrogens with one attached hydrogen (secondary N) is 2. The maximum Gasteiger partial charge on any atom is 0.251 e. The predicted molar refractivity (Wildman–Crippen MR) is 108 cm³/mol. The SMILES string of the molecule is CNC(=O)c1ccc2c(c1)C(C(C)=Nc1cccc(CN(C)C)c1)C(=O)N2. The van der Waals surface area contributed by atoms with Crippen LogP contribution >= 0.6 is 0 Å². The second-order valence-electron chi connectivity index (χ2n) is 6.96. The first-order valence-corrected chi connectivity index (χ1v) is 8.85. The van der Waals surface area contributed by atoms with Crippen molar-refractivity contribution >= 4 is 28.9 Å². The molecule has 0 saturated carbocycles. The Bertz CT molecular complexity index is 918. The van der Waals surface area contributed by atoms with Gasteiger partial charge in [0.15, 0.2) is 0 Å². The summed E-state index contributed by atoms with van der Waals surface area (Å²) >= 11 is 0. The minimum absolute atomic E-state index is 0.121. The Labute approximate surface area is 159 Å². The van der Waals surface area contributed by atoms with Crippen molar-refractivity contribution in [3.05, 3.63) is 59.2 Å². The van der Waals surface area contributed by atoms with Gasteiger partial charge in [-0.15, -0.1) is 0 Å². The number of hydrogen-bond acceptors (Lipinski definition) is 4. The van der Waals surface area contributed by atoms with E-state index in [1.54, 1.807) is 25.2 Å². The van der Waals surface area contributed by atoms with E-state index in [1.165, 1.54) is 0 Å². The number of rotatable bonds is 5. The third kappa shape index (κ3) is 4.06. The lowest BCUT2D eigenvalue weighted by atomic mass is 9.94. The van der Waals surface area contributed by atoms with Crippen molar-refractivity contribution in [2.75, 3.05) is 26.5 Å². The molecule has 2 aromatic carbocycles. The summed E-state index contributed by atoms with van der Waals surface area (Å²) in [4.78, 5) is 31.2. The van der Waals surface area contributed by atoms with Gasteiger partial charge in [0.1, 0.15) is 5.92 Å². The number of aliphatic imine (C=N–C) groups is 1. The largest absolute Gasteiger partial charge is 0.355 e. The summed E-state index contributed by atoms with van der Waals surface area (Å²) in [6.45, 7) is 2.68. The Morgan fingerprint density at radius 2 is 2.00 bits per heavy atom. The Balaban J connectivity index is 1.94. The van der Waals surface area contributed by atoms with Crippen molar-refractivity contribution < 1.29 is 9.59 Å². The van der Waals surface area contributed by atoms with Gasteiger partial charge in [-0.05, 0) is 62.5 Å². The smallest absolute Gasteiger partial charge is 0.251 e. The van der Waals surface area contributed by atoms with E-state index < -0.39 is 5.92 Å². The third-order valence-corrected chi connectivity index (χ3v) is 4.50. The van der Waals surface area contributed by atoms with Gasteiger partial charge in [0.2, 0.25) is 5.91 Å². The second-order valence-corrected chi connectivity index (χ2v) is 6.96. The molecule has 0 radical (unpaired) electrons. The van der Waals surface area contributed by atoms with Crippen LogP contribution in [0.3, 0.4) is 0 Å². The summed E-state index contributed by atoms with van der Waals surface area (Å²) in [5.41, 5.74) is 4.71. The Kier molecular flexibility index (Phi) is 5.37. The first-order valence-electron chi connectivity index (χ1n) is 8.85. The van der Waals surface area contributed by atoms with Gasteiger partial charge < -0.3 is 15.5 Å². The first-order chi connectivity index (χ1) is 12.9. The lowest BCUT2D eigenvalue weighted by Gasteiger charge is -2.12. The molecule has 1 atom stereocenters. The summed E-state index contributed by atoms with van der Waals surface area (Å²) in [6, 6.07) is 13.2. The molecule has 1 aliphatic heterocycles. The van der Waals surface area contributed by atoms with E-state index in [1.807, 2.05) is 39.2 Å². The molecular weight excluding hydrogens is 340 g/mol. The normalized spacial score (nSPS) is 16.3. The fourth-order valence-corrected chi connectivity index (χ4v) is 3.32. The van der Waals surface area contributed by atoms with Gasteiger partial charge in [-0.2, -0.15) is 0 Å². The Morgan fingerprint density at radius 1 is 1.22 bits per heavy atom. The third-order valence-electron chi connectivity index (χ3n) is 4.50. The van der Waals surface area contributed by atoms with Gasteiger partial charge in [-0.25, -0.2) is 0 Å². The minimum Gasteiger partial charge on any atom is -0.355 e. The van der Waals surface area contributed by atoms with Crippen LogP contribution < -0.4 is 10.6 Å². The van der Waals surface area contributed by atoms with Crippen molar-refractivity contribution in [1.82, 2.24) is 10.2 Å². The minimum atomic E-state index is -0.498. The van der Waals surface area contributed by atoms with Gasteiger partial charge in [0.05, 0.1) is 5.69 Å². The highest BCUT2D eigenvalue weighted by Crippen LogP contribution is 2.35. The van der Waals surface area contributed by atoms with Crippen LogP contribution in [0.2, 0.25) is 0 Å². The van der Waals surface area contributed by atoms with Gasteiger partial charge in [-0.1, -0.05) is 12.1 Å². The average molecular weight is 364 g/mol. The highest BCUT2D eigenvalue weighted by Gasteiger charge is 2.33. The lowest BCUT2D eigenvalue weighted by molar-refractivity contribution is -0.115. The van der Waals surface area contributed by atoms with Gasteiger partial charge in [0, 0.05) is 30.6 Å². The lowest BCUT2D eigenvalue weighted by Crippen LogP contribution is -2.20. The second kappa shape index (κ2) is 7.72. The van der Waals surface area contributed by atoms with Crippen molar-refractivity contribution in [2.24, 2.45) is 4.99 Å². The molecule has 0 saturated heterocycles. The van der Waals surface area contributed by atoms with E-state index in [2.05, 4.69) is 26.6 Å². The molecule has 1 unspecified atom stereocenters. The van der Waals surface area contributed by atoms with Gasteiger partial charge in [0.25, 0.3) is 5.91 Å². The molecule has 0 aliphatic carbocycles. The number of amides is 2. The van der Waals surface area contributed by atoms with E-state index in [0.717, 1.165) is 29.0 Å². The summed E-state index contributed by atoms with van der Waals surface area (Å²) < 4.78 is 0. The van der Waals surface area contributed by atoms with Gasteiger partial charge >= 0.3 is 0 Å². The Hall–Kier alpha value is -2.99. The number of benzene rings is 2. The summed E-state index contributed by atoms with van der Waals surface area (Å²) in [6.07, 6.45) is 0. The molecular formula is C21H24N4O2. The number of hydrogen-bond donors (Lipinski definition) is 2. The van der Waals surface area contributed by atoms with Crippen LogP contribution in [0.25, 0.3) is 0 Å². The number of nitrogens with zero attached hydrogens (tertiary/aromatic N) is 2. The zero-order valence-corrected chi connectivity index (χ0v) is 16.0. The van der Waals surface area contributed by atoms with Crippen LogP contribution in [0.5, 0.6) is 0 Å². The molecule has 3 rings (SSSR count). The van der Waals surface area contributed by atoms with E-state index in [9.17, 15) is 9.59 Å². The number of fused-ring (bicyclic) bond motifs is 1. The number of anilines is 1. The fourth-order valence-electron chi connectivity index (χ4n) is 3.32. The monoisotopic (exact) mass is 364 g/mol. The molecule has 2 amide bonds. The van der Waals surface area contributed by atoms with Crippen molar-refractivity contribution in [3.63, 3.8) is 0 Å². The maximum atomic E-state index is 12.5. The van der Waals surface area contributed by atoms with Crippen LogP contribution in [0.15, 0.2) is 47.5 Å².